The smallest absolute Gasteiger partial charge is 0.336 e. The van der Waals surface area contributed by atoms with Gasteiger partial charge in [0.2, 0.25) is 0 Å². The average molecular weight is 312 g/mol. The Morgan fingerprint density at radius 1 is 1.12 bits per heavy atom. The minimum atomic E-state index is -0.958. The van der Waals surface area contributed by atoms with Crippen molar-refractivity contribution < 1.29 is 9.90 Å². The summed E-state index contributed by atoms with van der Waals surface area (Å²) in [7, 11) is 0. The van der Waals surface area contributed by atoms with E-state index in [4.69, 9.17) is 16.7 Å². The summed E-state index contributed by atoms with van der Waals surface area (Å²) in [6.07, 6.45) is 0. The Bertz CT molecular complexity index is 581. The highest BCUT2D eigenvalue weighted by atomic mass is 79.9. The van der Waals surface area contributed by atoms with Crippen molar-refractivity contribution in [1.29, 1.82) is 0 Å². The molecule has 86 valence electrons. The Morgan fingerprint density at radius 2 is 1.82 bits per heavy atom. The van der Waals surface area contributed by atoms with E-state index in [-0.39, 0.29) is 5.56 Å². The molecule has 0 aromatic heterocycles. The van der Waals surface area contributed by atoms with E-state index in [9.17, 15) is 4.79 Å². The molecule has 0 aliphatic rings. The van der Waals surface area contributed by atoms with E-state index in [0.29, 0.717) is 9.50 Å². The first-order valence-electron chi connectivity index (χ1n) is 4.87. The average Bonchev–Trinajstić information content (AvgIpc) is 2.29. The van der Waals surface area contributed by atoms with Gasteiger partial charge < -0.3 is 5.11 Å². The second-order valence-corrected chi connectivity index (χ2v) is 4.80. The largest absolute Gasteiger partial charge is 0.478 e. The van der Waals surface area contributed by atoms with Crippen LogP contribution in [0.2, 0.25) is 5.02 Å². The minimum Gasteiger partial charge on any atom is -0.478 e. The SMILES string of the molecule is O=C(O)c1cc(-c2cccc(Cl)c2)ccc1Br. The third-order valence-electron chi connectivity index (χ3n) is 2.35. The van der Waals surface area contributed by atoms with Crippen molar-refractivity contribution in [3.63, 3.8) is 0 Å². The van der Waals surface area contributed by atoms with Gasteiger partial charge in [0.15, 0.2) is 0 Å². The molecular formula is C13H8BrClO2. The Hall–Kier alpha value is -1.32. The van der Waals surface area contributed by atoms with Gasteiger partial charge in [-0.3, -0.25) is 0 Å². The first-order chi connectivity index (χ1) is 8.08. The van der Waals surface area contributed by atoms with Crippen molar-refractivity contribution >= 4 is 33.5 Å². The molecule has 0 aliphatic carbocycles. The van der Waals surface area contributed by atoms with Crippen LogP contribution < -0.4 is 0 Å². The molecule has 0 unspecified atom stereocenters. The van der Waals surface area contributed by atoms with Crippen molar-refractivity contribution in [2.45, 2.75) is 0 Å². The molecule has 0 saturated carbocycles. The maximum Gasteiger partial charge on any atom is 0.336 e. The van der Waals surface area contributed by atoms with Crippen LogP contribution in [0.25, 0.3) is 11.1 Å². The number of hydrogen-bond donors (Lipinski definition) is 1. The topological polar surface area (TPSA) is 37.3 Å². The molecule has 0 aliphatic heterocycles. The number of benzene rings is 2. The highest BCUT2D eigenvalue weighted by Gasteiger charge is 2.09. The van der Waals surface area contributed by atoms with Gasteiger partial charge in [-0.2, -0.15) is 0 Å². The van der Waals surface area contributed by atoms with Crippen molar-refractivity contribution in [3.05, 3.63) is 57.5 Å². The summed E-state index contributed by atoms with van der Waals surface area (Å²) in [6.45, 7) is 0. The summed E-state index contributed by atoms with van der Waals surface area (Å²) in [5, 5.41) is 9.66. The molecule has 0 bridgehead atoms. The standard InChI is InChI=1S/C13H8BrClO2/c14-12-5-4-9(7-11(12)13(16)17)8-2-1-3-10(15)6-8/h1-7H,(H,16,17). The van der Waals surface area contributed by atoms with Gasteiger partial charge in [0.05, 0.1) is 5.56 Å². The first kappa shape index (κ1) is 12.1. The summed E-state index contributed by atoms with van der Waals surface area (Å²) in [5.41, 5.74) is 1.96. The van der Waals surface area contributed by atoms with Crippen LogP contribution >= 0.6 is 27.5 Å². The molecule has 0 atom stereocenters. The number of carbonyl (C=O) groups is 1. The van der Waals surface area contributed by atoms with Crippen LogP contribution in [0.4, 0.5) is 0 Å². The van der Waals surface area contributed by atoms with E-state index in [0.717, 1.165) is 11.1 Å². The van der Waals surface area contributed by atoms with Gasteiger partial charge in [-0.15, -0.1) is 0 Å². The van der Waals surface area contributed by atoms with Gasteiger partial charge in [0.1, 0.15) is 0 Å². The van der Waals surface area contributed by atoms with E-state index in [1.54, 1.807) is 24.3 Å². The number of carboxylic acid groups (broad SMARTS) is 1. The van der Waals surface area contributed by atoms with Crippen LogP contribution in [0.5, 0.6) is 0 Å². The summed E-state index contributed by atoms with van der Waals surface area (Å²) in [6, 6.07) is 12.5. The lowest BCUT2D eigenvalue weighted by molar-refractivity contribution is 0.0696. The lowest BCUT2D eigenvalue weighted by Gasteiger charge is -2.05. The molecule has 2 aromatic carbocycles. The van der Waals surface area contributed by atoms with Crippen LogP contribution in [0.15, 0.2) is 46.9 Å². The molecule has 2 nitrogen and oxygen atoms in total. The fraction of sp³-hybridized carbons (Fsp3) is 0. The molecule has 17 heavy (non-hydrogen) atoms. The normalized spacial score (nSPS) is 10.2. The highest BCUT2D eigenvalue weighted by Crippen LogP contribution is 2.27. The fourth-order valence-corrected chi connectivity index (χ4v) is 2.14. The zero-order valence-electron chi connectivity index (χ0n) is 8.65. The van der Waals surface area contributed by atoms with Gasteiger partial charge in [-0.1, -0.05) is 29.8 Å². The van der Waals surface area contributed by atoms with Crippen LogP contribution in [-0.4, -0.2) is 11.1 Å². The Kier molecular flexibility index (Phi) is 3.50. The molecular weight excluding hydrogens is 303 g/mol. The zero-order chi connectivity index (χ0) is 12.4. The summed E-state index contributed by atoms with van der Waals surface area (Å²) >= 11 is 9.11. The number of carboxylic acids is 1. The van der Waals surface area contributed by atoms with Crippen molar-refractivity contribution in [1.82, 2.24) is 0 Å². The maximum atomic E-state index is 11.0. The third kappa shape index (κ3) is 2.68. The zero-order valence-corrected chi connectivity index (χ0v) is 11.0. The summed E-state index contributed by atoms with van der Waals surface area (Å²) in [4.78, 5) is 11.0. The molecule has 0 heterocycles. The molecule has 0 fully saturated rings. The Labute approximate surface area is 112 Å². The van der Waals surface area contributed by atoms with Gasteiger partial charge in [0, 0.05) is 9.50 Å². The third-order valence-corrected chi connectivity index (χ3v) is 3.28. The Balaban J connectivity index is 2.54. The van der Waals surface area contributed by atoms with Gasteiger partial charge in [0.25, 0.3) is 0 Å². The van der Waals surface area contributed by atoms with Crippen molar-refractivity contribution in [3.8, 4) is 11.1 Å². The number of rotatable bonds is 2. The van der Waals surface area contributed by atoms with Crippen molar-refractivity contribution in [2.75, 3.05) is 0 Å². The maximum absolute atomic E-state index is 11.0. The number of aromatic carboxylic acids is 1. The predicted octanol–water partition coefficient (Wildman–Crippen LogP) is 4.47. The van der Waals surface area contributed by atoms with Crippen LogP contribution in [0, 0.1) is 0 Å². The first-order valence-corrected chi connectivity index (χ1v) is 6.04. The molecule has 0 radical (unpaired) electrons. The van der Waals surface area contributed by atoms with Crippen molar-refractivity contribution in [2.24, 2.45) is 0 Å². The molecule has 1 N–H and O–H groups in total. The summed E-state index contributed by atoms with van der Waals surface area (Å²) in [5.74, 6) is -0.958. The second kappa shape index (κ2) is 4.90. The van der Waals surface area contributed by atoms with E-state index in [1.807, 2.05) is 18.2 Å². The van der Waals surface area contributed by atoms with Crippen LogP contribution in [-0.2, 0) is 0 Å². The minimum absolute atomic E-state index is 0.238. The molecule has 0 saturated heterocycles. The van der Waals surface area contributed by atoms with E-state index in [1.165, 1.54) is 0 Å². The fourth-order valence-electron chi connectivity index (χ4n) is 1.54. The van der Waals surface area contributed by atoms with Crippen LogP contribution in [0.1, 0.15) is 10.4 Å². The lowest BCUT2D eigenvalue weighted by Crippen LogP contribution is -1.97. The van der Waals surface area contributed by atoms with E-state index < -0.39 is 5.97 Å². The molecule has 2 rings (SSSR count). The molecule has 0 spiro atoms. The highest BCUT2D eigenvalue weighted by molar-refractivity contribution is 9.10. The lowest BCUT2D eigenvalue weighted by atomic mass is 10.0. The number of hydrogen-bond acceptors (Lipinski definition) is 1. The number of halogens is 2. The molecule has 4 heteroatoms. The molecule has 0 amide bonds. The van der Waals surface area contributed by atoms with Gasteiger partial charge in [-0.05, 0) is 51.3 Å². The van der Waals surface area contributed by atoms with E-state index in [2.05, 4.69) is 15.9 Å². The Morgan fingerprint density at radius 3 is 2.47 bits per heavy atom. The van der Waals surface area contributed by atoms with E-state index >= 15 is 0 Å². The molecule has 2 aromatic rings. The quantitative estimate of drug-likeness (QED) is 0.888. The summed E-state index contributed by atoms with van der Waals surface area (Å²) < 4.78 is 0.566. The van der Waals surface area contributed by atoms with Gasteiger partial charge in [-0.25, -0.2) is 4.79 Å². The van der Waals surface area contributed by atoms with Crippen LogP contribution in [0.3, 0.4) is 0 Å². The second-order valence-electron chi connectivity index (χ2n) is 3.51. The monoisotopic (exact) mass is 310 g/mol. The van der Waals surface area contributed by atoms with Gasteiger partial charge >= 0.3 is 5.97 Å². The predicted molar refractivity (Wildman–Crippen MR) is 71.5 cm³/mol.